The van der Waals surface area contributed by atoms with Crippen molar-refractivity contribution in [3.05, 3.63) is 58.4 Å². The average Bonchev–Trinajstić information content (AvgIpc) is 2.67. The van der Waals surface area contributed by atoms with Crippen LogP contribution in [0.5, 0.6) is 5.75 Å². The fourth-order valence-electron chi connectivity index (χ4n) is 2.46. The van der Waals surface area contributed by atoms with E-state index in [1.807, 2.05) is 0 Å². The molecule has 6 nitrogen and oxygen atoms in total. The van der Waals surface area contributed by atoms with Crippen molar-refractivity contribution in [1.29, 1.82) is 0 Å². The van der Waals surface area contributed by atoms with Crippen LogP contribution in [0.15, 0.2) is 36.5 Å². The van der Waals surface area contributed by atoms with Crippen LogP contribution in [0.4, 0.5) is 13.2 Å². The second-order valence-corrected chi connectivity index (χ2v) is 6.25. The molecule has 156 valence electrons. The molecule has 10 heteroatoms. The van der Waals surface area contributed by atoms with Crippen molar-refractivity contribution in [2.75, 3.05) is 13.7 Å². The highest BCUT2D eigenvalue weighted by Gasteiger charge is 2.36. The third-order valence-corrected chi connectivity index (χ3v) is 4.16. The van der Waals surface area contributed by atoms with E-state index < -0.39 is 34.6 Å². The van der Waals surface area contributed by atoms with Gasteiger partial charge in [-0.15, -0.1) is 0 Å². The molecular formula is C19H18ClF3N2O4. The average molecular weight is 431 g/mol. The van der Waals surface area contributed by atoms with E-state index in [9.17, 15) is 22.8 Å². The number of hydrogen-bond acceptors (Lipinski definition) is 5. The van der Waals surface area contributed by atoms with Crippen LogP contribution in [-0.4, -0.2) is 30.6 Å². The van der Waals surface area contributed by atoms with Crippen LogP contribution in [0.25, 0.3) is 0 Å². The zero-order chi connectivity index (χ0) is 21.6. The molecule has 0 aliphatic rings. The molecule has 29 heavy (non-hydrogen) atoms. The lowest BCUT2D eigenvalue weighted by molar-refractivity contribution is -0.148. The van der Waals surface area contributed by atoms with Gasteiger partial charge < -0.3 is 14.8 Å². The number of aromatic nitrogens is 1. The summed E-state index contributed by atoms with van der Waals surface area (Å²) in [6.45, 7) is 1.55. The molecule has 0 spiro atoms. The lowest BCUT2D eigenvalue weighted by Crippen LogP contribution is -2.35. The first kappa shape index (κ1) is 22.5. The zero-order valence-electron chi connectivity index (χ0n) is 15.5. The smallest absolute Gasteiger partial charge is 0.417 e. The molecule has 1 aromatic carbocycles. The summed E-state index contributed by atoms with van der Waals surface area (Å²) in [6.07, 6.45) is -4.15. The number of pyridine rings is 1. The molecule has 1 aromatic heterocycles. The molecule has 1 atom stereocenters. The number of ether oxygens (including phenoxy) is 2. The SMILES string of the molecule is CCOC(=O)[C@@H](C(=O)NCc1cccc(OC)c1)c1ncc(C(F)(F)F)cc1Cl. The van der Waals surface area contributed by atoms with Crippen molar-refractivity contribution < 1.29 is 32.2 Å². The molecule has 1 amide bonds. The van der Waals surface area contributed by atoms with Crippen LogP contribution in [0.3, 0.4) is 0 Å². The Balaban J connectivity index is 2.28. The van der Waals surface area contributed by atoms with Crippen molar-refractivity contribution in [1.82, 2.24) is 10.3 Å². The number of nitrogens with zero attached hydrogens (tertiary/aromatic N) is 1. The summed E-state index contributed by atoms with van der Waals surface area (Å²) < 4.78 is 48.5. The van der Waals surface area contributed by atoms with Crippen molar-refractivity contribution in [2.45, 2.75) is 25.6 Å². The Morgan fingerprint density at radius 1 is 1.28 bits per heavy atom. The van der Waals surface area contributed by atoms with E-state index in [4.69, 9.17) is 21.1 Å². The maximum Gasteiger partial charge on any atom is 0.417 e. The zero-order valence-corrected chi connectivity index (χ0v) is 16.3. The highest BCUT2D eigenvalue weighted by atomic mass is 35.5. The summed E-state index contributed by atoms with van der Waals surface area (Å²) >= 11 is 5.91. The van der Waals surface area contributed by atoms with Gasteiger partial charge in [0, 0.05) is 12.7 Å². The molecule has 0 saturated heterocycles. The molecule has 0 saturated carbocycles. The third-order valence-electron chi connectivity index (χ3n) is 3.86. The maximum atomic E-state index is 12.8. The van der Waals surface area contributed by atoms with Crippen molar-refractivity contribution in [2.24, 2.45) is 0 Å². The van der Waals surface area contributed by atoms with E-state index in [0.29, 0.717) is 23.6 Å². The number of carbonyl (C=O) groups is 2. The van der Waals surface area contributed by atoms with E-state index in [1.165, 1.54) is 14.0 Å². The van der Waals surface area contributed by atoms with Gasteiger partial charge in [0.1, 0.15) is 5.75 Å². The number of alkyl halides is 3. The van der Waals surface area contributed by atoms with Crippen molar-refractivity contribution in [3.63, 3.8) is 0 Å². The molecule has 0 fully saturated rings. The Labute approximate surface area is 170 Å². The summed E-state index contributed by atoms with van der Waals surface area (Å²) in [5.74, 6) is -2.81. The molecule has 1 heterocycles. The third kappa shape index (κ3) is 5.83. The minimum Gasteiger partial charge on any atom is -0.497 e. The van der Waals surface area contributed by atoms with Crippen LogP contribution >= 0.6 is 11.6 Å². The summed E-state index contributed by atoms with van der Waals surface area (Å²) in [4.78, 5) is 28.6. The van der Waals surface area contributed by atoms with E-state index in [-0.39, 0.29) is 18.8 Å². The van der Waals surface area contributed by atoms with Crippen molar-refractivity contribution in [3.8, 4) is 5.75 Å². The highest BCUT2D eigenvalue weighted by molar-refractivity contribution is 6.32. The summed E-state index contributed by atoms with van der Waals surface area (Å²) in [7, 11) is 1.49. The van der Waals surface area contributed by atoms with Gasteiger partial charge in [-0.1, -0.05) is 23.7 Å². The van der Waals surface area contributed by atoms with Crippen LogP contribution in [0, 0.1) is 0 Å². The quantitative estimate of drug-likeness (QED) is 0.535. The number of amides is 1. The number of methoxy groups -OCH3 is 1. The summed E-state index contributed by atoms with van der Waals surface area (Å²) in [5.41, 5.74) is -0.723. The number of hydrogen-bond donors (Lipinski definition) is 1. The van der Waals surface area contributed by atoms with Gasteiger partial charge in [-0.25, -0.2) is 0 Å². The largest absolute Gasteiger partial charge is 0.497 e. The molecule has 0 aliphatic heterocycles. The van der Waals surface area contributed by atoms with E-state index in [2.05, 4.69) is 10.3 Å². The fraction of sp³-hybridized carbons (Fsp3) is 0.316. The van der Waals surface area contributed by atoms with Crippen LogP contribution in [0.1, 0.15) is 29.7 Å². The first-order valence-electron chi connectivity index (χ1n) is 8.47. The normalized spacial score (nSPS) is 12.2. The minimum atomic E-state index is -4.66. The maximum absolute atomic E-state index is 12.8. The Kier molecular flexibility index (Phi) is 7.44. The summed E-state index contributed by atoms with van der Waals surface area (Å²) in [6, 6.07) is 7.47. The van der Waals surface area contributed by atoms with Gasteiger partial charge >= 0.3 is 12.1 Å². The predicted molar refractivity (Wildman–Crippen MR) is 98.5 cm³/mol. The molecule has 0 bridgehead atoms. The van der Waals surface area contributed by atoms with Gasteiger partial charge in [0.15, 0.2) is 5.92 Å². The van der Waals surface area contributed by atoms with Gasteiger partial charge in [-0.05, 0) is 30.7 Å². The second-order valence-electron chi connectivity index (χ2n) is 5.84. The number of carbonyl (C=O) groups excluding carboxylic acids is 2. The van der Waals surface area contributed by atoms with Gasteiger partial charge in [0.05, 0.1) is 30.0 Å². The van der Waals surface area contributed by atoms with Gasteiger partial charge in [0.2, 0.25) is 5.91 Å². The Bertz CT molecular complexity index is 890. The molecule has 2 aromatic rings. The van der Waals surface area contributed by atoms with Gasteiger partial charge in [-0.3, -0.25) is 14.6 Å². The molecule has 1 N–H and O–H groups in total. The lowest BCUT2D eigenvalue weighted by Gasteiger charge is -2.17. The van der Waals surface area contributed by atoms with Crippen LogP contribution in [-0.2, 0) is 27.0 Å². The monoisotopic (exact) mass is 430 g/mol. The number of rotatable bonds is 7. The number of benzene rings is 1. The topological polar surface area (TPSA) is 77.5 Å². The van der Waals surface area contributed by atoms with Crippen LogP contribution in [0.2, 0.25) is 5.02 Å². The van der Waals surface area contributed by atoms with E-state index in [0.717, 1.165) is 0 Å². The van der Waals surface area contributed by atoms with Gasteiger partial charge in [0.25, 0.3) is 0 Å². The number of esters is 1. The number of nitrogens with one attached hydrogen (secondary N) is 1. The van der Waals surface area contributed by atoms with Crippen molar-refractivity contribution >= 4 is 23.5 Å². The molecule has 2 rings (SSSR count). The Morgan fingerprint density at radius 2 is 2.00 bits per heavy atom. The first-order valence-corrected chi connectivity index (χ1v) is 8.85. The standard InChI is InChI=1S/C19H18ClF3N2O4/c1-3-29-18(27)15(16-14(20)8-12(10-24-16)19(21,22)23)17(26)25-9-11-5-4-6-13(7-11)28-2/h4-8,10,15H,3,9H2,1-2H3,(H,25,26)/t15-/m1/s1. The molecular weight excluding hydrogens is 413 g/mol. The van der Waals surface area contributed by atoms with Crippen LogP contribution < -0.4 is 10.1 Å². The first-order chi connectivity index (χ1) is 13.7. The molecule has 0 unspecified atom stereocenters. The second kappa shape index (κ2) is 9.60. The summed E-state index contributed by atoms with van der Waals surface area (Å²) in [5, 5.41) is 2.08. The van der Waals surface area contributed by atoms with E-state index in [1.54, 1.807) is 24.3 Å². The minimum absolute atomic E-state index is 0.0310. The highest BCUT2D eigenvalue weighted by Crippen LogP contribution is 2.33. The Hall–Kier alpha value is -2.81. The van der Waals surface area contributed by atoms with Gasteiger partial charge in [-0.2, -0.15) is 13.2 Å². The Morgan fingerprint density at radius 3 is 2.59 bits per heavy atom. The fourth-order valence-corrected chi connectivity index (χ4v) is 2.73. The molecule has 0 aliphatic carbocycles. The van der Waals surface area contributed by atoms with E-state index >= 15 is 0 Å². The predicted octanol–water partition coefficient (Wildman–Crippen LogP) is 3.73. The molecule has 0 radical (unpaired) electrons. The number of halogens is 4. The lowest BCUT2D eigenvalue weighted by atomic mass is 10.0.